The quantitative estimate of drug-likeness (QED) is 0.905. The molecule has 0 bridgehead atoms. The molecule has 18 heavy (non-hydrogen) atoms. The molecule has 0 spiro atoms. The van der Waals surface area contributed by atoms with E-state index in [9.17, 15) is 9.18 Å². The van der Waals surface area contributed by atoms with Gasteiger partial charge in [0.05, 0.1) is 12.7 Å². The highest BCUT2D eigenvalue weighted by Crippen LogP contribution is 2.25. The van der Waals surface area contributed by atoms with Crippen molar-refractivity contribution in [1.82, 2.24) is 4.98 Å². The van der Waals surface area contributed by atoms with E-state index < -0.39 is 11.8 Å². The lowest BCUT2D eigenvalue weighted by atomic mass is 10.0. The van der Waals surface area contributed by atoms with Crippen LogP contribution in [-0.4, -0.2) is 23.2 Å². The summed E-state index contributed by atoms with van der Waals surface area (Å²) < 4.78 is 18.0. The molecular formula is C13H10FNO3. The molecule has 0 unspecified atom stereocenters. The van der Waals surface area contributed by atoms with Crippen LogP contribution in [0.15, 0.2) is 36.5 Å². The zero-order valence-corrected chi connectivity index (χ0v) is 9.55. The number of halogens is 1. The van der Waals surface area contributed by atoms with E-state index in [1.165, 1.54) is 25.4 Å². The molecule has 1 aromatic heterocycles. The smallest absolute Gasteiger partial charge is 0.336 e. The van der Waals surface area contributed by atoms with E-state index in [1.807, 2.05) is 0 Å². The summed E-state index contributed by atoms with van der Waals surface area (Å²) in [5.74, 6) is -1.34. The van der Waals surface area contributed by atoms with Gasteiger partial charge in [-0.25, -0.2) is 14.2 Å². The van der Waals surface area contributed by atoms with E-state index in [0.29, 0.717) is 17.0 Å². The monoisotopic (exact) mass is 247 g/mol. The minimum Gasteiger partial charge on any atom is -0.481 e. The van der Waals surface area contributed by atoms with Gasteiger partial charge in [0, 0.05) is 17.8 Å². The van der Waals surface area contributed by atoms with Gasteiger partial charge in [-0.2, -0.15) is 0 Å². The number of pyridine rings is 1. The normalized spacial score (nSPS) is 10.1. The maximum Gasteiger partial charge on any atom is 0.336 e. The number of carbonyl (C=O) groups is 1. The second-order valence-corrected chi connectivity index (χ2v) is 3.58. The number of rotatable bonds is 3. The van der Waals surface area contributed by atoms with Gasteiger partial charge in [0.15, 0.2) is 0 Å². The van der Waals surface area contributed by atoms with E-state index in [0.717, 1.165) is 6.07 Å². The maximum absolute atomic E-state index is 13.0. The molecule has 0 atom stereocenters. The standard InChI is InChI=1S/C13H10FNO3/c1-18-12-5-2-8(7-15-12)10-4-3-9(14)6-11(10)13(16)17/h2-7H,1H3,(H,16,17). The summed E-state index contributed by atoms with van der Waals surface area (Å²) in [5, 5.41) is 9.04. The molecule has 0 fully saturated rings. The summed E-state index contributed by atoms with van der Waals surface area (Å²) >= 11 is 0. The molecule has 2 aromatic rings. The zero-order chi connectivity index (χ0) is 13.1. The molecule has 1 heterocycles. The third-order valence-corrected chi connectivity index (χ3v) is 2.47. The van der Waals surface area contributed by atoms with Crippen molar-refractivity contribution in [3.8, 4) is 17.0 Å². The first-order valence-electron chi connectivity index (χ1n) is 5.15. The van der Waals surface area contributed by atoms with Crippen LogP contribution in [0, 0.1) is 5.82 Å². The molecule has 1 aromatic carbocycles. The minimum atomic E-state index is -1.18. The number of nitrogens with zero attached hydrogens (tertiary/aromatic N) is 1. The lowest BCUT2D eigenvalue weighted by Crippen LogP contribution is -2.00. The lowest BCUT2D eigenvalue weighted by Gasteiger charge is -2.06. The molecule has 5 heteroatoms. The number of aromatic nitrogens is 1. The van der Waals surface area contributed by atoms with Gasteiger partial charge in [-0.15, -0.1) is 0 Å². The van der Waals surface area contributed by atoms with Crippen molar-refractivity contribution in [3.05, 3.63) is 47.9 Å². The first-order chi connectivity index (χ1) is 8.61. The van der Waals surface area contributed by atoms with E-state index in [1.54, 1.807) is 12.1 Å². The Kier molecular flexibility index (Phi) is 3.23. The Morgan fingerprint density at radius 1 is 1.33 bits per heavy atom. The van der Waals surface area contributed by atoms with Gasteiger partial charge in [-0.3, -0.25) is 0 Å². The molecule has 0 aliphatic heterocycles. The van der Waals surface area contributed by atoms with Crippen molar-refractivity contribution < 1.29 is 19.0 Å². The van der Waals surface area contributed by atoms with Gasteiger partial charge >= 0.3 is 5.97 Å². The van der Waals surface area contributed by atoms with Crippen molar-refractivity contribution in [1.29, 1.82) is 0 Å². The first kappa shape index (κ1) is 12.0. The molecule has 0 saturated carbocycles. The molecule has 92 valence electrons. The van der Waals surface area contributed by atoms with Crippen LogP contribution in [0.3, 0.4) is 0 Å². The molecule has 0 saturated heterocycles. The Hall–Kier alpha value is -2.43. The summed E-state index contributed by atoms with van der Waals surface area (Å²) in [4.78, 5) is 15.0. The Balaban J connectivity index is 2.52. The van der Waals surface area contributed by atoms with Crippen LogP contribution in [0.1, 0.15) is 10.4 Å². The Morgan fingerprint density at radius 2 is 2.11 bits per heavy atom. The molecule has 0 amide bonds. The molecule has 1 N–H and O–H groups in total. The van der Waals surface area contributed by atoms with Crippen LogP contribution in [0.25, 0.3) is 11.1 Å². The van der Waals surface area contributed by atoms with Crippen LogP contribution >= 0.6 is 0 Å². The van der Waals surface area contributed by atoms with Gasteiger partial charge in [0.2, 0.25) is 5.88 Å². The van der Waals surface area contributed by atoms with Gasteiger partial charge in [-0.05, 0) is 23.8 Å². The highest BCUT2D eigenvalue weighted by molar-refractivity contribution is 5.95. The van der Waals surface area contributed by atoms with E-state index >= 15 is 0 Å². The van der Waals surface area contributed by atoms with E-state index in [-0.39, 0.29) is 5.56 Å². The Morgan fingerprint density at radius 3 is 2.67 bits per heavy atom. The lowest BCUT2D eigenvalue weighted by molar-refractivity contribution is 0.0697. The highest BCUT2D eigenvalue weighted by atomic mass is 19.1. The fourth-order valence-corrected chi connectivity index (χ4v) is 1.61. The van der Waals surface area contributed by atoms with Crippen LogP contribution in [0.4, 0.5) is 4.39 Å². The average molecular weight is 247 g/mol. The maximum atomic E-state index is 13.0. The molecule has 4 nitrogen and oxygen atoms in total. The average Bonchev–Trinajstić information content (AvgIpc) is 2.39. The van der Waals surface area contributed by atoms with Crippen LogP contribution in [-0.2, 0) is 0 Å². The fraction of sp³-hybridized carbons (Fsp3) is 0.0769. The number of aromatic carboxylic acids is 1. The topological polar surface area (TPSA) is 59.4 Å². The molecule has 0 aliphatic rings. The fourth-order valence-electron chi connectivity index (χ4n) is 1.61. The number of benzene rings is 1. The zero-order valence-electron chi connectivity index (χ0n) is 9.55. The van der Waals surface area contributed by atoms with E-state index in [4.69, 9.17) is 9.84 Å². The number of hydrogen-bond acceptors (Lipinski definition) is 3. The molecule has 0 radical (unpaired) electrons. The third kappa shape index (κ3) is 2.29. The number of carboxylic acid groups (broad SMARTS) is 1. The van der Waals surface area contributed by atoms with Crippen molar-refractivity contribution in [2.75, 3.05) is 7.11 Å². The minimum absolute atomic E-state index is 0.0954. The summed E-state index contributed by atoms with van der Waals surface area (Å²) in [6.45, 7) is 0. The van der Waals surface area contributed by atoms with Crippen LogP contribution in [0.2, 0.25) is 0 Å². The highest BCUT2D eigenvalue weighted by Gasteiger charge is 2.13. The first-order valence-corrected chi connectivity index (χ1v) is 5.15. The van der Waals surface area contributed by atoms with Gasteiger partial charge < -0.3 is 9.84 Å². The third-order valence-electron chi connectivity index (χ3n) is 2.47. The second kappa shape index (κ2) is 4.83. The second-order valence-electron chi connectivity index (χ2n) is 3.58. The predicted octanol–water partition coefficient (Wildman–Crippen LogP) is 2.59. The number of carboxylic acids is 1. The predicted molar refractivity (Wildman–Crippen MR) is 63.1 cm³/mol. The molecular weight excluding hydrogens is 237 g/mol. The van der Waals surface area contributed by atoms with Crippen LogP contribution < -0.4 is 4.74 Å². The van der Waals surface area contributed by atoms with Crippen molar-refractivity contribution in [3.63, 3.8) is 0 Å². The summed E-state index contributed by atoms with van der Waals surface area (Å²) in [7, 11) is 1.49. The number of methoxy groups -OCH3 is 1. The molecule has 0 aliphatic carbocycles. The van der Waals surface area contributed by atoms with Crippen LogP contribution in [0.5, 0.6) is 5.88 Å². The van der Waals surface area contributed by atoms with Gasteiger partial charge in [-0.1, -0.05) is 6.07 Å². The van der Waals surface area contributed by atoms with Crippen molar-refractivity contribution in [2.24, 2.45) is 0 Å². The van der Waals surface area contributed by atoms with E-state index in [2.05, 4.69) is 4.98 Å². The molecule has 2 rings (SSSR count). The van der Waals surface area contributed by atoms with Crippen molar-refractivity contribution in [2.45, 2.75) is 0 Å². The van der Waals surface area contributed by atoms with Gasteiger partial charge in [0.1, 0.15) is 5.82 Å². The largest absolute Gasteiger partial charge is 0.481 e. The Bertz CT molecular complexity index is 581. The van der Waals surface area contributed by atoms with Gasteiger partial charge in [0.25, 0.3) is 0 Å². The number of ether oxygens (including phenoxy) is 1. The number of hydrogen-bond donors (Lipinski definition) is 1. The SMILES string of the molecule is COc1ccc(-c2ccc(F)cc2C(=O)O)cn1. The summed E-state index contributed by atoms with van der Waals surface area (Å²) in [6, 6.07) is 6.91. The van der Waals surface area contributed by atoms with Crippen molar-refractivity contribution >= 4 is 5.97 Å². The summed E-state index contributed by atoms with van der Waals surface area (Å²) in [6.07, 6.45) is 1.48. The summed E-state index contributed by atoms with van der Waals surface area (Å²) in [5.41, 5.74) is 0.911. The Labute approximate surface area is 103 Å².